The first kappa shape index (κ1) is 19.1. The van der Waals surface area contributed by atoms with Gasteiger partial charge in [0, 0.05) is 29.7 Å². The summed E-state index contributed by atoms with van der Waals surface area (Å²) in [5.74, 6) is -0.615. The number of carbonyl (C=O) groups excluding carboxylic acids is 1. The van der Waals surface area contributed by atoms with Crippen molar-refractivity contribution >= 4 is 16.8 Å². The van der Waals surface area contributed by atoms with Crippen molar-refractivity contribution in [2.24, 2.45) is 0 Å². The minimum absolute atomic E-state index is 0.213. The summed E-state index contributed by atoms with van der Waals surface area (Å²) >= 11 is 0. The molecule has 0 fully saturated rings. The lowest BCUT2D eigenvalue weighted by atomic mass is 9.99. The van der Waals surface area contributed by atoms with E-state index < -0.39 is 5.82 Å². The minimum atomic E-state index is -0.403. The highest BCUT2D eigenvalue weighted by Gasteiger charge is 2.23. The molecule has 1 aliphatic heterocycles. The molecule has 4 nitrogen and oxygen atoms in total. The quantitative estimate of drug-likeness (QED) is 0.723. The molecule has 0 radical (unpaired) electrons. The molecule has 0 unspecified atom stereocenters. The lowest BCUT2D eigenvalue weighted by Crippen LogP contribution is -2.23. The second kappa shape index (κ2) is 7.92. The number of aromatic amines is 1. The van der Waals surface area contributed by atoms with Crippen LogP contribution >= 0.6 is 0 Å². The third kappa shape index (κ3) is 3.74. The Morgan fingerprint density at radius 2 is 1.81 bits per heavy atom. The van der Waals surface area contributed by atoms with Crippen molar-refractivity contribution in [3.63, 3.8) is 0 Å². The fourth-order valence-electron chi connectivity index (χ4n) is 3.58. The number of nitrogens with zero attached hydrogens (tertiary/aromatic N) is 1. The molecule has 3 aromatic rings. The van der Waals surface area contributed by atoms with E-state index in [1.54, 1.807) is 0 Å². The van der Waals surface area contributed by atoms with Gasteiger partial charge >= 0.3 is 0 Å². The van der Waals surface area contributed by atoms with Crippen LogP contribution in [0.2, 0.25) is 0 Å². The van der Waals surface area contributed by atoms with Crippen LogP contribution in [-0.2, 0) is 13.0 Å². The highest BCUT2D eigenvalue weighted by atomic mass is 19.1. The highest BCUT2D eigenvalue weighted by molar-refractivity contribution is 6.10. The Labute approximate surface area is 159 Å². The molecule has 5 heteroatoms. The largest absolute Gasteiger partial charge is 0.354 e. The summed E-state index contributed by atoms with van der Waals surface area (Å²) in [6.07, 6.45) is 0.721. The summed E-state index contributed by atoms with van der Waals surface area (Å²) in [6.45, 7) is 5.43. The van der Waals surface area contributed by atoms with Crippen LogP contribution in [0.25, 0.3) is 22.2 Å². The normalized spacial score (nSPS) is 13.2. The van der Waals surface area contributed by atoms with Gasteiger partial charge in [-0.05, 0) is 49.3 Å². The molecule has 1 amide bonds. The van der Waals surface area contributed by atoms with Gasteiger partial charge in [-0.1, -0.05) is 38.1 Å². The van der Waals surface area contributed by atoms with Crippen molar-refractivity contribution in [3.8, 4) is 11.3 Å². The first-order valence-corrected chi connectivity index (χ1v) is 9.39. The van der Waals surface area contributed by atoms with Gasteiger partial charge in [-0.15, -0.1) is 0 Å². The van der Waals surface area contributed by atoms with E-state index in [0.717, 1.165) is 35.2 Å². The molecule has 0 aliphatic carbocycles. The molecule has 142 valence electrons. The molecule has 1 aliphatic rings. The van der Waals surface area contributed by atoms with E-state index in [2.05, 4.69) is 39.5 Å². The predicted octanol–water partition coefficient (Wildman–Crippen LogP) is 4.35. The maximum atomic E-state index is 13.9. The summed E-state index contributed by atoms with van der Waals surface area (Å²) in [4.78, 5) is 17.7. The maximum absolute atomic E-state index is 13.9. The van der Waals surface area contributed by atoms with Gasteiger partial charge in [0.15, 0.2) is 0 Å². The van der Waals surface area contributed by atoms with E-state index in [1.165, 1.54) is 17.7 Å². The van der Waals surface area contributed by atoms with Crippen LogP contribution in [0.15, 0.2) is 36.4 Å². The third-order valence-corrected chi connectivity index (χ3v) is 4.61. The molecular weight excluding hydrogens is 341 g/mol. The predicted molar refractivity (Wildman–Crippen MR) is 108 cm³/mol. The first-order chi connectivity index (χ1) is 13.0. The summed E-state index contributed by atoms with van der Waals surface area (Å²) in [5, 5.41) is 3.69. The standard InChI is InChI=1S/C20H20FN3O.C2H6/c1-24(2)11-12-3-5-13(6-4-12)19-15-7-8-22-20(25)16-9-14(21)10-17(23-19)18(15)16;1-2/h3-6,9-10,23H,7-8,11H2,1-2H3,(H,22,25);1-2H3. The number of benzene rings is 2. The summed E-state index contributed by atoms with van der Waals surface area (Å²) in [7, 11) is 4.08. The van der Waals surface area contributed by atoms with Crippen molar-refractivity contribution in [1.82, 2.24) is 15.2 Å². The summed E-state index contributed by atoms with van der Waals surface area (Å²) in [5.41, 5.74) is 5.41. The fraction of sp³-hybridized carbons (Fsp3) is 0.318. The van der Waals surface area contributed by atoms with Crippen molar-refractivity contribution in [1.29, 1.82) is 0 Å². The Balaban J connectivity index is 0.00000102. The zero-order valence-electron chi connectivity index (χ0n) is 16.3. The molecule has 0 saturated heterocycles. The molecule has 2 heterocycles. The molecule has 2 aromatic carbocycles. The first-order valence-electron chi connectivity index (χ1n) is 9.39. The average Bonchev–Trinajstić information content (AvgIpc) is 2.92. The Morgan fingerprint density at radius 1 is 1.11 bits per heavy atom. The van der Waals surface area contributed by atoms with Gasteiger partial charge in [0.05, 0.1) is 5.56 Å². The number of amides is 1. The Hall–Kier alpha value is -2.66. The van der Waals surface area contributed by atoms with E-state index in [4.69, 9.17) is 0 Å². The summed E-state index contributed by atoms with van der Waals surface area (Å²) < 4.78 is 13.9. The topological polar surface area (TPSA) is 48.1 Å². The number of hydrogen-bond acceptors (Lipinski definition) is 2. The number of halogens is 1. The molecule has 0 spiro atoms. The number of rotatable bonds is 3. The van der Waals surface area contributed by atoms with Crippen LogP contribution in [0, 0.1) is 5.82 Å². The van der Waals surface area contributed by atoms with Crippen LogP contribution in [0.1, 0.15) is 35.3 Å². The highest BCUT2D eigenvalue weighted by Crippen LogP contribution is 2.34. The molecule has 27 heavy (non-hydrogen) atoms. The van der Waals surface area contributed by atoms with E-state index in [-0.39, 0.29) is 5.91 Å². The van der Waals surface area contributed by atoms with E-state index >= 15 is 0 Å². The van der Waals surface area contributed by atoms with Crippen molar-refractivity contribution in [2.75, 3.05) is 20.6 Å². The molecule has 4 rings (SSSR count). The lowest BCUT2D eigenvalue weighted by molar-refractivity contribution is 0.0957. The molecule has 2 N–H and O–H groups in total. The van der Waals surface area contributed by atoms with Gasteiger partial charge in [0.25, 0.3) is 5.91 Å². The van der Waals surface area contributed by atoms with Crippen molar-refractivity contribution in [2.45, 2.75) is 26.8 Å². The van der Waals surface area contributed by atoms with Gasteiger partial charge in [-0.3, -0.25) is 4.79 Å². The van der Waals surface area contributed by atoms with E-state index in [9.17, 15) is 9.18 Å². The Morgan fingerprint density at radius 3 is 2.48 bits per heavy atom. The number of aromatic nitrogens is 1. The Kier molecular flexibility index (Phi) is 5.61. The second-order valence-electron chi connectivity index (χ2n) is 6.80. The van der Waals surface area contributed by atoms with Crippen molar-refractivity contribution in [3.05, 3.63) is 58.9 Å². The molecule has 0 bridgehead atoms. The smallest absolute Gasteiger partial charge is 0.252 e. The number of hydrogen-bond donors (Lipinski definition) is 2. The van der Waals surface area contributed by atoms with Gasteiger partial charge in [-0.2, -0.15) is 0 Å². The van der Waals surface area contributed by atoms with Crippen LogP contribution in [-0.4, -0.2) is 36.4 Å². The van der Waals surface area contributed by atoms with Crippen molar-refractivity contribution < 1.29 is 9.18 Å². The second-order valence-corrected chi connectivity index (χ2v) is 6.80. The van der Waals surface area contributed by atoms with Gasteiger partial charge in [-0.25, -0.2) is 4.39 Å². The number of H-pyrrole nitrogens is 1. The van der Waals surface area contributed by atoms with Crippen LogP contribution < -0.4 is 5.32 Å². The zero-order valence-corrected chi connectivity index (χ0v) is 16.3. The van der Waals surface area contributed by atoms with Gasteiger partial charge < -0.3 is 15.2 Å². The van der Waals surface area contributed by atoms with Crippen LogP contribution in [0.4, 0.5) is 4.39 Å². The molecule has 0 atom stereocenters. The molecule has 0 saturated carbocycles. The van der Waals surface area contributed by atoms with Crippen LogP contribution in [0.3, 0.4) is 0 Å². The minimum Gasteiger partial charge on any atom is -0.354 e. The number of nitrogens with one attached hydrogen (secondary N) is 2. The number of carbonyl (C=O) groups is 1. The van der Waals surface area contributed by atoms with Crippen LogP contribution in [0.5, 0.6) is 0 Å². The molecule has 1 aromatic heterocycles. The third-order valence-electron chi connectivity index (χ3n) is 4.61. The van der Waals surface area contributed by atoms with E-state index in [0.29, 0.717) is 17.6 Å². The van der Waals surface area contributed by atoms with Gasteiger partial charge in [0.1, 0.15) is 5.82 Å². The lowest BCUT2D eigenvalue weighted by Gasteiger charge is -2.10. The van der Waals surface area contributed by atoms with Gasteiger partial charge in [0.2, 0.25) is 0 Å². The fourth-order valence-corrected chi connectivity index (χ4v) is 3.58. The maximum Gasteiger partial charge on any atom is 0.252 e. The molecular formula is C22H26FN3O. The SMILES string of the molecule is CC.CN(C)Cc1ccc(-c2[nH]c3cc(F)cc4c3c2CCNC4=O)cc1. The monoisotopic (exact) mass is 367 g/mol. The Bertz CT molecular complexity index is 958. The zero-order chi connectivity index (χ0) is 19.6. The average molecular weight is 367 g/mol. The van der Waals surface area contributed by atoms with E-state index in [1.807, 2.05) is 27.9 Å². The summed E-state index contributed by atoms with van der Waals surface area (Å²) in [6, 6.07) is 11.2.